The molecule has 12 heavy (non-hydrogen) atoms. The quantitative estimate of drug-likeness (QED) is 0.362. The average molecular weight is 187 g/mol. The number of nitrogens with zero attached hydrogens (tertiary/aromatic N) is 1. The summed E-state index contributed by atoms with van der Waals surface area (Å²) in [6, 6.07) is 9.44. The molecule has 0 bridgehead atoms. The van der Waals surface area contributed by atoms with Gasteiger partial charge in [0.15, 0.2) is 0 Å². The van der Waals surface area contributed by atoms with Gasteiger partial charge in [0.05, 0.1) is 5.69 Å². The number of halogens is 1. The molecule has 1 rings (SSSR count). The number of guanidine groups is 1. The van der Waals surface area contributed by atoms with Crippen molar-refractivity contribution in [2.45, 2.75) is 0 Å². The number of rotatable bonds is 2. The van der Waals surface area contributed by atoms with E-state index in [2.05, 4.69) is 10.5 Å². The van der Waals surface area contributed by atoms with Gasteiger partial charge in [0.2, 0.25) is 5.96 Å². The van der Waals surface area contributed by atoms with Crippen LogP contribution in [-0.4, -0.2) is 5.96 Å². The zero-order valence-electron chi connectivity index (χ0n) is 6.40. The molecule has 5 heteroatoms. The van der Waals surface area contributed by atoms with Crippen LogP contribution in [0.4, 0.5) is 5.69 Å². The van der Waals surface area contributed by atoms with Crippen molar-refractivity contribution in [3.05, 3.63) is 30.3 Å². The summed E-state index contributed by atoms with van der Waals surface area (Å²) >= 11 is 0. The lowest BCUT2D eigenvalue weighted by atomic mass is 10.3. The molecule has 0 unspecified atom stereocenters. The largest absolute Gasteiger partial charge is 0.369 e. The lowest BCUT2D eigenvalue weighted by Crippen LogP contribution is -2.23. The molecule has 4 nitrogen and oxygen atoms in total. The molecule has 66 valence electrons. The van der Waals surface area contributed by atoms with E-state index in [1.807, 2.05) is 30.3 Å². The highest BCUT2D eigenvalue weighted by molar-refractivity contribution is 5.85. The maximum Gasteiger partial charge on any atom is 0.208 e. The molecule has 1 aromatic rings. The molecule has 0 fully saturated rings. The molecule has 0 aromatic heterocycles. The van der Waals surface area contributed by atoms with E-state index in [1.165, 1.54) is 0 Å². The van der Waals surface area contributed by atoms with Crippen LogP contribution in [0.25, 0.3) is 0 Å². The SMILES string of the molecule is Cl.NC(N)=NNc1ccccc1. The highest BCUT2D eigenvalue weighted by Crippen LogP contribution is 2.03. The zero-order valence-corrected chi connectivity index (χ0v) is 7.21. The molecule has 1 aromatic carbocycles. The molecule has 0 aliphatic rings. The van der Waals surface area contributed by atoms with Gasteiger partial charge in [-0.3, -0.25) is 5.43 Å². The fourth-order valence-electron chi connectivity index (χ4n) is 0.642. The predicted octanol–water partition coefficient (Wildman–Crippen LogP) is 0.709. The Kier molecular flexibility index (Phi) is 4.64. The standard InChI is InChI=1S/C7H10N4.ClH/c8-7(9)11-10-6-4-2-1-3-5-6;/h1-5,10H,(H4,8,9,11);1H. The summed E-state index contributed by atoms with van der Waals surface area (Å²) < 4.78 is 0. The Hall–Kier alpha value is -1.42. The van der Waals surface area contributed by atoms with Crippen molar-refractivity contribution in [1.82, 2.24) is 0 Å². The first-order valence-electron chi connectivity index (χ1n) is 3.19. The molecule has 5 N–H and O–H groups in total. The van der Waals surface area contributed by atoms with Crippen molar-refractivity contribution in [2.24, 2.45) is 16.6 Å². The topological polar surface area (TPSA) is 76.4 Å². The molecule has 0 aliphatic heterocycles. The second-order valence-corrected chi connectivity index (χ2v) is 2.01. The third-order valence-corrected chi connectivity index (χ3v) is 1.09. The maximum absolute atomic E-state index is 5.11. The third kappa shape index (κ3) is 3.68. The predicted molar refractivity (Wildman–Crippen MR) is 53.1 cm³/mol. The second kappa shape index (κ2) is 5.26. The number of hydrazone groups is 1. The summed E-state index contributed by atoms with van der Waals surface area (Å²) in [5.74, 6) is 0.0221. The first kappa shape index (κ1) is 10.6. The van der Waals surface area contributed by atoms with E-state index in [-0.39, 0.29) is 18.4 Å². The maximum atomic E-state index is 5.11. The van der Waals surface area contributed by atoms with Gasteiger partial charge in [-0.15, -0.1) is 17.5 Å². The summed E-state index contributed by atoms with van der Waals surface area (Å²) in [6.45, 7) is 0. The van der Waals surface area contributed by atoms with Crippen molar-refractivity contribution in [2.75, 3.05) is 5.43 Å². The van der Waals surface area contributed by atoms with E-state index in [9.17, 15) is 0 Å². The summed E-state index contributed by atoms with van der Waals surface area (Å²) in [5, 5.41) is 3.62. The van der Waals surface area contributed by atoms with Crippen LogP contribution in [0, 0.1) is 0 Å². The summed E-state index contributed by atoms with van der Waals surface area (Å²) in [7, 11) is 0. The minimum Gasteiger partial charge on any atom is -0.369 e. The average Bonchev–Trinajstić information content (AvgIpc) is 2.03. The van der Waals surface area contributed by atoms with Crippen LogP contribution in [0.2, 0.25) is 0 Å². The van der Waals surface area contributed by atoms with Gasteiger partial charge in [0.25, 0.3) is 0 Å². The number of hydrogen-bond acceptors (Lipinski definition) is 2. The van der Waals surface area contributed by atoms with Crippen LogP contribution in [0.1, 0.15) is 0 Å². The zero-order chi connectivity index (χ0) is 8.10. The van der Waals surface area contributed by atoms with E-state index >= 15 is 0 Å². The molecule has 0 radical (unpaired) electrons. The molecule has 0 spiro atoms. The smallest absolute Gasteiger partial charge is 0.208 e. The van der Waals surface area contributed by atoms with Crippen LogP contribution in [0.15, 0.2) is 35.4 Å². The Morgan fingerprint density at radius 2 is 1.75 bits per heavy atom. The number of hydrogen-bond donors (Lipinski definition) is 3. The molecule has 0 heterocycles. The fourth-order valence-corrected chi connectivity index (χ4v) is 0.642. The van der Waals surface area contributed by atoms with Gasteiger partial charge >= 0.3 is 0 Å². The van der Waals surface area contributed by atoms with Crippen LogP contribution in [0.3, 0.4) is 0 Å². The minimum absolute atomic E-state index is 0. The molecule has 0 saturated heterocycles. The Morgan fingerprint density at radius 3 is 2.25 bits per heavy atom. The summed E-state index contributed by atoms with van der Waals surface area (Å²) in [5.41, 5.74) is 13.8. The summed E-state index contributed by atoms with van der Waals surface area (Å²) in [6.07, 6.45) is 0. The van der Waals surface area contributed by atoms with Crippen LogP contribution in [-0.2, 0) is 0 Å². The highest BCUT2D eigenvalue weighted by Gasteiger charge is 1.84. The van der Waals surface area contributed by atoms with Gasteiger partial charge in [-0.2, -0.15) is 0 Å². The Bertz CT molecular complexity index is 243. The molecule has 0 aliphatic carbocycles. The van der Waals surface area contributed by atoms with Crippen molar-refractivity contribution in [3.63, 3.8) is 0 Å². The van der Waals surface area contributed by atoms with Gasteiger partial charge in [-0.25, -0.2) is 0 Å². The number of anilines is 1. The molecular weight excluding hydrogens is 176 g/mol. The normalized spacial score (nSPS) is 8.00. The Balaban J connectivity index is 0.00000121. The number of para-hydroxylation sites is 1. The van der Waals surface area contributed by atoms with E-state index in [0.717, 1.165) is 5.69 Å². The van der Waals surface area contributed by atoms with Crippen molar-refractivity contribution in [3.8, 4) is 0 Å². The van der Waals surface area contributed by atoms with Crippen LogP contribution < -0.4 is 16.9 Å². The van der Waals surface area contributed by atoms with Crippen LogP contribution in [0.5, 0.6) is 0 Å². The van der Waals surface area contributed by atoms with E-state index in [0.29, 0.717) is 0 Å². The van der Waals surface area contributed by atoms with Crippen molar-refractivity contribution < 1.29 is 0 Å². The molecule has 0 amide bonds. The fraction of sp³-hybridized carbons (Fsp3) is 0. The van der Waals surface area contributed by atoms with E-state index in [1.54, 1.807) is 0 Å². The van der Waals surface area contributed by atoms with Crippen molar-refractivity contribution >= 4 is 24.1 Å². The van der Waals surface area contributed by atoms with E-state index in [4.69, 9.17) is 11.5 Å². The number of benzene rings is 1. The lowest BCUT2D eigenvalue weighted by molar-refractivity contribution is 1.29. The van der Waals surface area contributed by atoms with Gasteiger partial charge in [-0.05, 0) is 12.1 Å². The lowest BCUT2D eigenvalue weighted by Gasteiger charge is -1.97. The molecule has 0 atom stereocenters. The van der Waals surface area contributed by atoms with Gasteiger partial charge in [0.1, 0.15) is 0 Å². The molecule has 0 saturated carbocycles. The second-order valence-electron chi connectivity index (χ2n) is 2.01. The monoisotopic (exact) mass is 186 g/mol. The number of nitrogens with one attached hydrogen (secondary N) is 1. The van der Waals surface area contributed by atoms with Gasteiger partial charge in [-0.1, -0.05) is 18.2 Å². The third-order valence-electron chi connectivity index (χ3n) is 1.09. The van der Waals surface area contributed by atoms with Crippen molar-refractivity contribution in [1.29, 1.82) is 0 Å². The highest BCUT2D eigenvalue weighted by atomic mass is 35.5. The minimum atomic E-state index is 0. The first-order valence-corrected chi connectivity index (χ1v) is 3.19. The number of nitrogens with two attached hydrogens (primary N) is 2. The Morgan fingerprint density at radius 1 is 1.17 bits per heavy atom. The van der Waals surface area contributed by atoms with Gasteiger partial charge < -0.3 is 11.5 Å². The van der Waals surface area contributed by atoms with Gasteiger partial charge in [0, 0.05) is 0 Å². The molecular formula is C7H11ClN4. The summed E-state index contributed by atoms with van der Waals surface area (Å²) in [4.78, 5) is 0. The first-order chi connectivity index (χ1) is 5.29. The van der Waals surface area contributed by atoms with Crippen LogP contribution >= 0.6 is 12.4 Å². The Labute approximate surface area is 77.0 Å². The van der Waals surface area contributed by atoms with E-state index < -0.39 is 0 Å².